The molecule has 170 valence electrons. The minimum absolute atomic E-state index is 0.0181. The second kappa shape index (κ2) is 12.3. The van der Waals surface area contributed by atoms with Crippen LogP contribution in [-0.4, -0.2) is 43.4 Å². The number of hydrogen-bond donors (Lipinski definition) is 5. The highest BCUT2D eigenvalue weighted by atomic mass is 35.5. The highest BCUT2D eigenvalue weighted by Gasteiger charge is 2.21. The molecule has 0 aliphatic heterocycles. The predicted molar refractivity (Wildman–Crippen MR) is 123 cm³/mol. The summed E-state index contributed by atoms with van der Waals surface area (Å²) >= 11 is 5.94. The highest BCUT2D eigenvalue weighted by Crippen LogP contribution is 2.19. The van der Waals surface area contributed by atoms with Gasteiger partial charge in [0.05, 0.1) is 18.9 Å². The minimum Gasteiger partial charge on any atom is -0.466 e. The number of carbonyl (C=O) groups is 3. The highest BCUT2D eigenvalue weighted by molar-refractivity contribution is 6.30. The van der Waals surface area contributed by atoms with Crippen molar-refractivity contribution in [2.45, 2.75) is 19.3 Å². The summed E-state index contributed by atoms with van der Waals surface area (Å²) in [6, 6.07) is 12.7. The van der Waals surface area contributed by atoms with E-state index in [9.17, 15) is 14.4 Å². The summed E-state index contributed by atoms with van der Waals surface area (Å²) in [6.45, 7) is 2.12. The number of urea groups is 1. The maximum atomic E-state index is 12.7. The number of carbonyl (C=O) groups excluding carboxylic acids is 3. The van der Waals surface area contributed by atoms with Gasteiger partial charge < -0.3 is 26.4 Å². The Kier molecular flexibility index (Phi) is 9.49. The Balaban J connectivity index is 1.98. The Labute approximate surface area is 191 Å². The summed E-state index contributed by atoms with van der Waals surface area (Å²) in [5.41, 5.74) is 7.13. The molecule has 0 radical (unpaired) electrons. The number of amidine groups is 1. The van der Waals surface area contributed by atoms with E-state index < -0.39 is 17.9 Å². The second-order valence-corrected chi connectivity index (χ2v) is 7.21. The third-order valence-electron chi connectivity index (χ3n) is 4.44. The lowest BCUT2D eigenvalue weighted by molar-refractivity contribution is -0.143. The number of nitrogens with two attached hydrogens (primary N) is 1. The van der Waals surface area contributed by atoms with E-state index in [1.54, 1.807) is 55.5 Å². The van der Waals surface area contributed by atoms with Gasteiger partial charge in [0.1, 0.15) is 5.84 Å². The fourth-order valence-electron chi connectivity index (χ4n) is 2.80. The molecule has 0 aliphatic rings. The number of ether oxygens (including phenoxy) is 1. The van der Waals surface area contributed by atoms with Gasteiger partial charge in [-0.15, -0.1) is 0 Å². The standard InChI is InChI=1S/C22H26ClN5O4/c1-2-32-19(29)11-12-26-21(30)18(14-3-7-16(23)8-4-14)13-27-22(31)28-17-9-5-15(6-10-17)20(24)25/h3-10,18H,2,11-13H2,1H3,(H3,24,25)(H,26,30)(H2,27,28,31). The molecule has 9 nitrogen and oxygen atoms in total. The summed E-state index contributed by atoms with van der Waals surface area (Å²) in [7, 11) is 0. The van der Waals surface area contributed by atoms with Crippen LogP contribution in [0.5, 0.6) is 0 Å². The van der Waals surface area contributed by atoms with Crippen molar-refractivity contribution in [3.63, 3.8) is 0 Å². The maximum Gasteiger partial charge on any atom is 0.319 e. The number of benzene rings is 2. The van der Waals surface area contributed by atoms with Crippen LogP contribution in [-0.2, 0) is 14.3 Å². The summed E-state index contributed by atoms with van der Waals surface area (Å²) in [6.07, 6.45) is 0.0527. The zero-order valence-electron chi connectivity index (χ0n) is 17.6. The molecule has 0 heterocycles. The van der Waals surface area contributed by atoms with Crippen LogP contribution in [0.15, 0.2) is 48.5 Å². The van der Waals surface area contributed by atoms with Gasteiger partial charge in [-0.3, -0.25) is 15.0 Å². The van der Waals surface area contributed by atoms with Gasteiger partial charge in [-0.1, -0.05) is 23.7 Å². The summed E-state index contributed by atoms with van der Waals surface area (Å²) in [5.74, 6) is -1.51. The number of rotatable bonds is 10. The van der Waals surface area contributed by atoms with Crippen molar-refractivity contribution in [2.75, 3.05) is 25.0 Å². The van der Waals surface area contributed by atoms with Gasteiger partial charge in [0.15, 0.2) is 0 Å². The van der Waals surface area contributed by atoms with Crippen LogP contribution in [0, 0.1) is 5.41 Å². The first-order valence-corrected chi connectivity index (χ1v) is 10.4. The van der Waals surface area contributed by atoms with E-state index in [4.69, 9.17) is 27.5 Å². The summed E-state index contributed by atoms with van der Waals surface area (Å²) in [4.78, 5) is 36.5. The van der Waals surface area contributed by atoms with Crippen molar-refractivity contribution in [1.82, 2.24) is 10.6 Å². The molecule has 0 spiro atoms. The van der Waals surface area contributed by atoms with Crippen molar-refractivity contribution < 1.29 is 19.1 Å². The Bertz CT molecular complexity index is 948. The molecule has 6 N–H and O–H groups in total. The average molecular weight is 460 g/mol. The molecule has 1 unspecified atom stereocenters. The first-order chi connectivity index (χ1) is 15.3. The van der Waals surface area contributed by atoms with E-state index in [0.717, 1.165) is 0 Å². The lowest BCUT2D eigenvalue weighted by Crippen LogP contribution is -2.39. The van der Waals surface area contributed by atoms with E-state index >= 15 is 0 Å². The molecular formula is C22H26ClN5O4. The van der Waals surface area contributed by atoms with Crippen LogP contribution < -0.4 is 21.7 Å². The zero-order chi connectivity index (χ0) is 23.5. The fraction of sp³-hybridized carbons (Fsp3) is 0.273. The monoisotopic (exact) mass is 459 g/mol. The molecule has 0 saturated heterocycles. The zero-order valence-corrected chi connectivity index (χ0v) is 18.4. The molecular weight excluding hydrogens is 434 g/mol. The quantitative estimate of drug-likeness (QED) is 0.210. The molecule has 2 rings (SSSR count). The lowest BCUT2D eigenvalue weighted by atomic mass is 9.98. The van der Waals surface area contributed by atoms with E-state index in [0.29, 0.717) is 21.8 Å². The number of amides is 3. The van der Waals surface area contributed by atoms with Gasteiger partial charge in [0.25, 0.3) is 0 Å². The van der Waals surface area contributed by atoms with E-state index in [1.165, 1.54) is 0 Å². The Morgan fingerprint density at radius 1 is 1.06 bits per heavy atom. The van der Waals surface area contributed by atoms with Gasteiger partial charge >= 0.3 is 12.0 Å². The number of nitrogens with one attached hydrogen (secondary N) is 4. The van der Waals surface area contributed by atoms with Crippen molar-refractivity contribution in [2.24, 2.45) is 5.73 Å². The molecule has 0 bridgehead atoms. The van der Waals surface area contributed by atoms with Gasteiger partial charge in [-0.05, 0) is 48.9 Å². The third-order valence-corrected chi connectivity index (χ3v) is 4.70. The predicted octanol–water partition coefficient (Wildman–Crippen LogP) is 2.60. The maximum absolute atomic E-state index is 12.7. The van der Waals surface area contributed by atoms with Crippen LogP contribution in [0.4, 0.5) is 10.5 Å². The van der Waals surface area contributed by atoms with E-state index in [-0.39, 0.29) is 37.9 Å². The number of nitrogen functional groups attached to an aromatic ring is 1. The number of anilines is 1. The second-order valence-electron chi connectivity index (χ2n) is 6.78. The Morgan fingerprint density at radius 3 is 2.31 bits per heavy atom. The SMILES string of the molecule is CCOC(=O)CCNC(=O)C(CNC(=O)Nc1ccc(C(=N)N)cc1)c1ccc(Cl)cc1. The first kappa shape index (κ1) is 24.7. The number of esters is 1. The molecule has 2 aromatic rings. The van der Waals surface area contributed by atoms with Crippen LogP contribution in [0.2, 0.25) is 5.02 Å². The summed E-state index contributed by atoms with van der Waals surface area (Å²) < 4.78 is 4.85. The van der Waals surface area contributed by atoms with Gasteiger partial charge in [0.2, 0.25) is 5.91 Å². The summed E-state index contributed by atoms with van der Waals surface area (Å²) in [5, 5.41) is 16.0. The molecule has 0 aromatic heterocycles. The fourth-order valence-corrected chi connectivity index (χ4v) is 2.93. The van der Waals surface area contributed by atoms with Gasteiger partial charge in [-0.25, -0.2) is 4.79 Å². The minimum atomic E-state index is -0.694. The van der Waals surface area contributed by atoms with E-state index in [1.807, 2.05) is 0 Å². The molecule has 0 fully saturated rings. The Morgan fingerprint density at radius 2 is 1.72 bits per heavy atom. The normalized spacial score (nSPS) is 11.2. The van der Waals surface area contributed by atoms with Crippen LogP contribution >= 0.6 is 11.6 Å². The number of hydrogen-bond acceptors (Lipinski definition) is 5. The molecule has 32 heavy (non-hydrogen) atoms. The van der Waals surface area contributed by atoms with Crippen LogP contribution in [0.3, 0.4) is 0 Å². The van der Waals surface area contributed by atoms with E-state index in [2.05, 4.69) is 16.0 Å². The van der Waals surface area contributed by atoms with Crippen LogP contribution in [0.25, 0.3) is 0 Å². The number of halogens is 1. The molecule has 1 atom stereocenters. The van der Waals surface area contributed by atoms with Crippen molar-refractivity contribution in [3.8, 4) is 0 Å². The van der Waals surface area contributed by atoms with Crippen molar-refractivity contribution in [1.29, 1.82) is 5.41 Å². The van der Waals surface area contributed by atoms with Gasteiger partial charge in [-0.2, -0.15) is 0 Å². The molecule has 10 heteroatoms. The van der Waals surface area contributed by atoms with Crippen molar-refractivity contribution >= 4 is 41.0 Å². The smallest absolute Gasteiger partial charge is 0.319 e. The van der Waals surface area contributed by atoms with Crippen LogP contribution in [0.1, 0.15) is 30.4 Å². The largest absolute Gasteiger partial charge is 0.466 e. The first-order valence-electron chi connectivity index (χ1n) is 9.98. The average Bonchev–Trinajstić information content (AvgIpc) is 2.75. The van der Waals surface area contributed by atoms with Gasteiger partial charge in [0, 0.05) is 29.4 Å². The molecule has 3 amide bonds. The molecule has 0 aliphatic carbocycles. The molecule has 0 saturated carbocycles. The topological polar surface area (TPSA) is 146 Å². The molecule has 2 aromatic carbocycles. The lowest BCUT2D eigenvalue weighted by Gasteiger charge is -2.18. The third kappa shape index (κ3) is 7.92. The Hall–Kier alpha value is -3.59. The van der Waals surface area contributed by atoms with Crippen molar-refractivity contribution in [3.05, 3.63) is 64.7 Å².